The van der Waals surface area contributed by atoms with Crippen LogP contribution in [0.4, 0.5) is 0 Å². The van der Waals surface area contributed by atoms with E-state index in [1.165, 1.54) is 0 Å². The van der Waals surface area contributed by atoms with Crippen LogP contribution in [0.1, 0.15) is 32.8 Å². The highest BCUT2D eigenvalue weighted by Gasteiger charge is 2.45. The Balaban J connectivity index is 1.97. The first-order valence-corrected chi connectivity index (χ1v) is 7.47. The molecule has 1 unspecified atom stereocenters. The number of aliphatic hydroxyl groups is 1. The topological polar surface area (TPSA) is 62.1 Å². The van der Waals surface area contributed by atoms with E-state index in [1.54, 1.807) is 31.0 Å². The molecule has 0 spiro atoms. The van der Waals surface area contributed by atoms with Crippen LogP contribution < -0.4 is 0 Å². The number of nitrogens with zero attached hydrogens (tertiary/aromatic N) is 2. The molecule has 0 aliphatic carbocycles. The highest BCUT2D eigenvalue weighted by atomic mass is 35.5. The summed E-state index contributed by atoms with van der Waals surface area (Å²) in [4.78, 5) is 12.1. The maximum atomic E-state index is 12.1. The Morgan fingerprint density at radius 1 is 1.36 bits per heavy atom. The quantitative estimate of drug-likeness (QED) is 0.850. The van der Waals surface area contributed by atoms with Gasteiger partial charge in [0.05, 0.1) is 11.8 Å². The van der Waals surface area contributed by atoms with E-state index in [9.17, 15) is 9.90 Å². The molecule has 0 saturated heterocycles. The van der Waals surface area contributed by atoms with Gasteiger partial charge in [0.1, 0.15) is 0 Å². The van der Waals surface area contributed by atoms with Crippen molar-refractivity contribution in [2.75, 3.05) is 0 Å². The van der Waals surface area contributed by atoms with Crippen LogP contribution in [0.15, 0.2) is 40.8 Å². The van der Waals surface area contributed by atoms with Gasteiger partial charge in [-0.1, -0.05) is 23.7 Å². The monoisotopic (exact) mass is 320 g/mol. The van der Waals surface area contributed by atoms with Crippen LogP contribution in [0, 0.1) is 0 Å². The third kappa shape index (κ3) is 2.35. The normalized spacial score (nSPS) is 23.8. The van der Waals surface area contributed by atoms with Gasteiger partial charge in [0.2, 0.25) is 0 Å². The van der Waals surface area contributed by atoms with Crippen molar-refractivity contribution in [2.24, 2.45) is 5.10 Å². The smallest absolute Gasteiger partial charge is 0.361 e. The second kappa shape index (κ2) is 5.02. The van der Waals surface area contributed by atoms with Gasteiger partial charge in [0.25, 0.3) is 0 Å². The molecule has 1 atom stereocenters. The molecule has 5 nitrogen and oxygen atoms in total. The van der Waals surface area contributed by atoms with Crippen LogP contribution >= 0.6 is 11.6 Å². The van der Waals surface area contributed by atoms with Crippen molar-refractivity contribution < 1.29 is 14.6 Å². The Bertz CT molecular complexity index is 692. The van der Waals surface area contributed by atoms with Crippen LogP contribution in [0.5, 0.6) is 0 Å². The van der Waals surface area contributed by atoms with Gasteiger partial charge in [-0.05, 0) is 38.5 Å². The summed E-state index contributed by atoms with van der Waals surface area (Å²) in [6.07, 6.45) is 0.673. The highest BCUT2D eigenvalue weighted by Crippen LogP contribution is 2.35. The van der Waals surface area contributed by atoms with Gasteiger partial charge in [-0.25, -0.2) is 4.79 Å². The molecule has 22 heavy (non-hydrogen) atoms. The molecule has 6 heteroatoms. The molecule has 0 bridgehead atoms. The van der Waals surface area contributed by atoms with Crippen LogP contribution in [0.3, 0.4) is 0 Å². The molecule has 116 valence electrons. The predicted molar refractivity (Wildman–Crippen MR) is 83.7 cm³/mol. The number of hydrogen-bond donors (Lipinski definition) is 1. The van der Waals surface area contributed by atoms with E-state index >= 15 is 0 Å². The minimum absolute atomic E-state index is 0.0377. The number of aliphatic hydroxyl groups excluding tert-OH is 1. The summed E-state index contributed by atoms with van der Waals surface area (Å²) in [5.74, 6) is -0.624. The molecule has 0 saturated carbocycles. The fourth-order valence-corrected chi connectivity index (χ4v) is 2.76. The Hall–Kier alpha value is -2.01. The summed E-state index contributed by atoms with van der Waals surface area (Å²) >= 11 is 5.90. The number of hydrazone groups is 1. The molecule has 0 amide bonds. The lowest BCUT2D eigenvalue weighted by atomic mass is 10.0. The van der Waals surface area contributed by atoms with E-state index in [1.807, 2.05) is 19.1 Å². The summed E-state index contributed by atoms with van der Waals surface area (Å²) in [5.41, 5.74) is 0.915. The van der Waals surface area contributed by atoms with Crippen molar-refractivity contribution in [2.45, 2.75) is 38.8 Å². The lowest BCUT2D eigenvalue weighted by Gasteiger charge is -2.19. The number of esters is 1. The first kappa shape index (κ1) is 14.9. The number of carbonyl (C=O) groups is 1. The Labute approximate surface area is 133 Å². The average molecular weight is 321 g/mol. The van der Waals surface area contributed by atoms with Crippen molar-refractivity contribution in [1.82, 2.24) is 5.01 Å². The summed E-state index contributed by atoms with van der Waals surface area (Å²) in [7, 11) is 0. The second-order valence-electron chi connectivity index (χ2n) is 6.05. The molecule has 3 rings (SSSR count). The van der Waals surface area contributed by atoms with Gasteiger partial charge in [0.15, 0.2) is 17.1 Å². The van der Waals surface area contributed by atoms with Gasteiger partial charge in [0, 0.05) is 11.4 Å². The molecule has 0 fully saturated rings. The zero-order valence-electron chi connectivity index (χ0n) is 12.6. The van der Waals surface area contributed by atoms with Gasteiger partial charge in [-0.15, -0.1) is 0 Å². The standard InChI is InChI=1S/C16H17ClN2O3/c1-9-8-12(10-4-6-11(17)7-5-10)18-19(9)13-14(20)16(2,3)22-15(13)21/h4-7,9,20H,8H2,1-3H3. The van der Waals surface area contributed by atoms with Crippen LogP contribution in [-0.4, -0.2) is 33.4 Å². The molecule has 2 aliphatic heterocycles. The molecule has 1 aromatic carbocycles. The molecular formula is C16H17ClN2O3. The van der Waals surface area contributed by atoms with Gasteiger partial charge in [-0.2, -0.15) is 5.10 Å². The first-order valence-electron chi connectivity index (χ1n) is 7.09. The Kier molecular flexibility index (Phi) is 3.40. The van der Waals surface area contributed by atoms with E-state index in [4.69, 9.17) is 16.3 Å². The summed E-state index contributed by atoms with van der Waals surface area (Å²) in [5, 5.41) is 17.0. The summed E-state index contributed by atoms with van der Waals surface area (Å²) in [6, 6.07) is 7.35. The summed E-state index contributed by atoms with van der Waals surface area (Å²) < 4.78 is 5.20. The number of benzene rings is 1. The number of rotatable bonds is 2. The fraction of sp³-hybridized carbons (Fsp3) is 0.375. The number of cyclic esters (lactones) is 1. The minimum Gasteiger partial charge on any atom is -0.506 e. The van der Waals surface area contributed by atoms with Crippen molar-refractivity contribution in [3.8, 4) is 0 Å². The largest absolute Gasteiger partial charge is 0.506 e. The first-order chi connectivity index (χ1) is 10.3. The van der Waals surface area contributed by atoms with E-state index in [0.717, 1.165) is 11.3 Å². The average Bonchev–Trinajstić information content (AvgIpc) is 2.89. The van der Waals surface area contributed by atoms with Crippen molar-refractivity contribution in [1.29, 1.82) is 0 Å². The maximum Gasteiger partial charge on any atom is 0.361 e. The predicted octanol–water partition coefficient (Wildman–Crippen LogP) is 3.24. The van der Waals surface area contributed by atoms with E-state index in [2.05, 4.69) is 5.10 Å². The molecule has 0 radical (unpaired) electrons. The lowest BCUT2D eigenvalue weighted by Crippen LogP contribution is -2.26. The Morgan fingerprint density at radius 2 is 2.00 bits per heavy atom. The summed E-state index contributed by atoms with van der Waals surface area (Å²) in [6.45, 7) is 5.25. The minimum atomic E-state index is -1.01. The van der Waals surface area contributed by atoms with Gasteiger partial charge >= 0.3 is 5.97 Å². The van der Waals surface area contributed by atoms with Crippen LogP contribution in [-0.2, 0) is 9.53 Å². The third-order valence-corrected chi connectivity index (χ3v) is 4.13. The molecule has 1 N–H and O–H groups in total. The maximum absolute atomic E-state index is 12.1. The zero-order chi connectivity index (χ0) is 16.1. The SMILES string of the molecule is CC1CC(c2ccc(Cl)cc2)=NN1C1=C(O)C(C)(C)OC1=O. The van der Waals surface area contributed by atoms with E-state index in [0.29, 0.717) is 11.4 Å². The van der Waals surface area contributed by atoms with Crippen LogP contribution in [0.25, 0.3) is 0 Å². The van der Waals surface area contributed by atoms with Crippen molar-refractivity contribution >= 4 is 23.3 Å². The third-order valence-electron chi connectivity index (χ3n) is 3.88. The number of halogens is 1. The van der Waals surface area contributed by atoms with Crippen LogP contribution in [0.2, 0.25) is 5.02 Å². The lowest BCUT2D eigenvalue weighted by molar-refractivity contribution is -0.146. The van der Waals surface area contributed by atoms with Crippen molar-refractivity contribution in [3.05, 3.63) is 46.3 Å². The van der Waals surface area contributed by atoms with Gasteiger partial charge < -0.3 is 9.84 Å². The zero-order valence-corrected chi connectivity index (χ0v) is 13.4. The fourth-order valence-electron chi connectivity index (χ4n) is 2.64. The molecule has 2 heterocycles. The van der Waals surface area contributed by atoms with E-state index < -0.39 is 11.6 Å². The number of hydrogen-bond acceptors (Lipinski definition) is 5. The van der Waals surface area contributed by atoms with E-state index in [-0.39, 0.29) is 17.5 Å². The second-order valence-corrected chi connectivity index (χ2v) is 6.48. The number of carbonyl (C=O) groups excluding carboxylic acids is 1. The van der Waals surface area contributed by atoms with Gasteiger partial charge in [-0.3, -0.25) is 5.01 Å². The molecular weight excluding hydrogens is 304 g/mol. The number of ether oxygens (including phenoxy) is 1. The Morgan fingerprint density at radius 3 is 2.55 bits per heavy atom. The molecule has 0 aromatic heterocycles. The molecule has 2 aliphatic rings. The molecule has 1 aromatic rings. The highest BCUT2D eigenvalue weighted by molar-refractivity contribution is 6.30. The van der Waals surface area contributed by atoms with Crippen molar-refractivity contribution in [3.63, 3.8) is 0 Å².